The fourth-order valence-corrected chi connectivity index (χ4v) is 3.56. The number of rotatable bonds is 3. The van der Waals surface area contributed by atoms with Crippen LogP contribution in [0.15, 0.2) is 66.7 Å². The van der Waals surface area contributed by atoms with Gasteiger partial charge in [-0.25, -0.2) is 0 Å². The summed E-state index contributed by atoms with van der Waals surface area (Å²) in [6.07, 6.45) is 0. The van der Waals surface area contributed by atoms with E-state index in [0.717, 1.165) is 5.75 Å². The summed E-state index contributed by atoms with van der Waals surface area (Å²) in [4.78, 5) is 0. The van der Waals surface area contributed by atoms with Gasteiger partial charge in [0.05, 0.1) is 0 Å². The minimum absolute atomic E-state index is 0.212. The van der Waals surface area contributed by atoms with Crippen molar-refractivity contribution in [3.63, 3.8) is 0 Å². The van der Waals surface area contributed by atoms with Gasteiger partial charge in [0.2, 0.25) is 8.32 Å². The van der Waals surface area contributed by atoms with Crippen LogP contribution in [0.5, 0.6) is 5.75 Å². The Hall–Kier alpha value is -2.06. The number of hydrogen-bond donors (Lipinski definition) is 0. The van der Waals surface area contributed by atoms with E-state index in [-0.39, 0.29) is 5.04 Å². The van der Waals surface area contributed by atoms with E-state index in [1.165, 1.54) is 21.9 Å². The zero-order valence-electron chi connectivity index (χ0n) is 15.3. The Morgan fingerprint density at radius 2 is 1.29 bits per heavy atom. The third-order valence-corrected chi connectivity index (χ3v) is 9.47. The summed E-state index contributed by atoms with van der Waals surface area (Å²) in [7, 11) is -1.78. The molecule has 0 unspecified atom stereocenters. The van der Waals surface area contributed by atoms with Crippen molar-refractivity contribution < 1.29 is 4.43 Å². The van der Waals surface area contributed by atoms with Crippen molar-refractivity contribution in [3.05, 3.63) is 66.7 Å². The lowest BCUT2D eigenvalue weighted by Gasteiger charge is -2.36. The average Bonchev–Trinajstić information content (AvgIpc) is 2.54. The van der Waals surface area contributed by atoms with Gasteiger partial charge in [-0.2, -0.15) is 0 Å². The van der Waals surface area contributed by atoms with Crippen molar-refractivity contribution in [1.82, 2.24) is 0 Å². The molecule has 3 rings (SSSR count). The smallest absolute Gasteiger partial charge is 0.250 e. The first-order valence-corrected chi connectivity index (χ1v) is 11.5. The molecule has 0 fully saturated rings. The highest BCUT2D eigenvalue weighted by molar-refractivity contribution is 6.74. The second-order valence-electron chi connectivity index (χ2n) is 7.95. The van der Waals surface area contributed by atoms with Crippen molar-refractivity contribution in [3.8, 4) is 16.9 Å². The fourth-order valence-electron chi connectivity index (χ4n) is 2.53. The summed E-state index contributed by atoms with van der Waals surface area (Å²) < 4.78 is 6.37. The van der Waals surface area contributed by atoms with Crippen LogP contribution in [0.25, 0.3) is 21.9 Å². The molecule has 0 radical (unpaired) electrons. The van der Waals surface area contributed by atoms with Crippen LogP contribution in [0.1, 0.15) is 20.8 Å². The maximum atomic E-state index is 6.37. The first kappa shape index (κ1) is 16.8. The maximum absolute atomic E-state index is 6.37. The molecule has 24 heavy (non-hydrogen) atoms. The van der Waals surface area contributed by atoms with Gasteiger partial charge in [0.25, 0.3) is 0 Å². The molecule has 0 heterocycles. The topological polar surface area (TPSA) is 9.23 Å². The third kappa shape index (κ3) is 3.39. The van der Waals surface area contributed by atoms with Crippen molar-refractivity contribution in [1.29, 1.82) is 0 Å². The minimum Gasteiger partial charge on any atom is -0.544 e. The summed E-state index contributed by atoms with van der Waals surface area (Å²) in [5.41, 5.74) is 2.47. The van der Waals surface area contributed by atoms with Crippen LogP contribution in [-0.2, 0) is 0 Å². The average molecular weight is 335 g/mol. The van der Waals surface area contributed by atoms with Gasteiger partial charge in [-0.05, 0) is 58.2 Å². The second-order valence-corrected chi connectivity index (χ2v) is 12.7. The Bertz CT molecular complexity index is 842. The standard InChI is InChI=1S/C22H26OSi/c1-22(2,3)24(4,5)23-21-14-12-18(13-15-21)20-11-10-17-8-6-7-9-19(17)16-20/h6-16H,1-5H3. The Morgan fingerprint density at radius 3 is 1.92 bits per heavy atom. The van der Waals surface area contributed by atoms with Crippen molar-refractivity contribution in [2.24, 2.45) is 0 Å². The van der Waals surface area contributed by atoms with E-state index in [1.54, 1.807) is 0 Å². The van der Waals surface area contributed by atoms with Crippen molar-refractivity contribution in [2.75, 3.05) is 0 Å². The van der Waals surface area contributed by atoms with Gasteiger partial charge in [-0.1, -0.05) is 69.3 Å². The Morgan fingerprint density at radius 1 is 0.708 bits per heavy atom. The Labute approximate surface area is 146 Å². The highest BCUT2D eigenvalue weighted by atomic mass is 28.4. The van der Waals surface area contributed by atoms with Gasteiger partial charge in [0, 0.05) is 0 Å². The molecule has 0 aliphatic rings. The van der Waals surface area contributed by atoms with Crippen LogP contribution in [0, 0.1) is 0 Å². The lowest BCUT2D eigenvalue weighted by atomic mass is 10.0. The molecule has 3 aromatic rings. The zero-order valence-corrected chi connectivity index (χ0v) is 16.3. The van der Waals surface area contributed by atoms with E-state index >= 15 is 0 Å². The van der Waals surface area contributed by atoms with Gasteiger partial charge in [0.15, 0.2) is 0 Å². The molecule has 1 nitrogen and oxygen atoms in total. The first-order chi connectivity index (χ1) is 11.3. The number of hydrogen-bond acceptors (Lipinski definition) is 1. The summed E-state index contributed by atoms with van der Waals surface area (Å²) in [6.45, 7) is 11.4. The van der Waals surface area contributed by atoms with E-state index in [1.807, 2.05) is 0 Å². The van der Waals surface area contributed by atoms with Crippen LogP contribution in [0.2, 0.25) is 18.1 Å². The molecule has 3 aromatic carbocycles. The Balaban J connectivity index is 1.86. The van der Waals surface area contributed by atoms with Crippen LogP contribution < -0.4 is 4.43 Å². The molecular formula is C22H26OSi. The summed E-state index contributed by atoms with van der Waals surface area (Å²) in [6, 6.07) is 23.6. The number of benzene rings is 3. The summed E-state index contributed by atoms with van der Waals surface area (Å²) >= 11 is 0. The predicted octanol–water partition coefficient (Wildman–Crippen LogP) is 6.89. The maximum Gasteiger partial charge on any atom is 0.250 e. The van der Waals surface area contributed by atoms with Gasteiger partial charge in [0.1, 0.15) is 5.75 Å². The summed E-state index contributed by atoms with van der Waals surface area (Å²) in [5, 5.41) is 2.76. The normalized spacial score (nSPS) is 12.4. The molecule has 124 valence electrons. The van der Waals surface area contributed by atoms with Gasteiger partial charge in [-0.15, -0.1) is 0 Å². The molecule has 0 amide bonds. The van der Waals surface area contributed by atoms with Gasteiger partial charge in [-0.3, -0.25) is 0 Å². The largest absolute Gasteiger partial charge is 0.544 e. The minimum atomic E-state index is -1.78. The molecule has 0 saturated heterocycles. The highest BCUT2D eigenvalue weighted by Crippen LogP contribution is 2.37. The van der Waals surface area contributed by atoms with Crippen LogP contribution in [0.3, 0.4) is 0 Å². The number of fused-ring (bicyclic) bond motifs is 1. The summed E-state index contributed by atoms with van der Waals surface area (Å²) in [5.74, 6) is 0.978. The highest BCUT2D eigenvalue weighted by Gasteiger charge is 2.38. The SMILES string of the molecule is CC(C)(C)[Si](C)(C)Oc1ccc(-c2ccc3ccccc3c2)cc1. The molecule has 0 aliphatic carbocycles. The van der Waals surface area contributed by atoms with Crippen LogP contribution in [-0.4, -0.2) is 8.32 Å². The fraction of sp³-hybridized carbons (Fsp3) is 0.273. The van der Waals surface area contributed by atoms with Crippen LogP contribution in [0.4, 0.5) is 0 Å². The molecule has 0 N–H and O–H groups in total. The van der Waals surface area contributed by atoms with Gasteiger partial charge < -0.3 is 4.43 Å². The molecular weight excluding hydrogens is 308 g/mol. The molecule has 0 atom stereocenters. The van der Waals surface area contributed by atoms with E-state index in [2.05, 4.69) is 101 Å². The second kappa shape index (κ2) is 6.10. The first-order valence-electron chi connectivity index (χ1n) is 8.54. The molecule has 0 bridgehead atoms. The van der Waals surface area contributed by atoms with Gasteiger partial charge >= 0.3 is 0 Å². The van der Waals surface area contributed by atoms with E-state index in [4.69, 9.17) is 4.43 Å². The van der Waals surface area contributed by atoms with Crippen LogP contribution >= 0.6 is 0 Å². The Kier molecular flexibility index (Phi) is 4.27. The lowest BCUT2D eigenvalue weighted by Crippen LogP contribution is -2.43. The zero-order chi connectivity index (χ0) is 17.4. The van der Waals surface area contributed by atoms with Crippen molar-refractivity contribution >= 4 is 19.1 Å². The molecule has 0 aliphatic heterocycles. The third-order valence-electron chi connectivity index (χ3n) is 5.12. The quantitative estimate of drug-likeness (QED) is 0.474. The van der Waals surface area contributed by atoms with E-state index < -0.39 is 8.32 Å². The monoisotopic (exact) mass is 334 g/mol. The molecule has 0 spiro atoms. The van der Waals surface area contributed by atoms with Crippen molar-refractivity contribution in [2.45, 2.75) is 38.9 Å². The molecule has 2 heteroatoms. The molecule has 0 saturated carbocycles. The van der Waals surface area contributed by atoms with E-state index in [9.17, 15) is 0 Å². The predicted molar refractivity (Wildman–Crippen MR) is 107 cm³/mol. The molecule has 0 aromatic heterocycles. The van der Waals surface area contributed by atoms with E-state index in [0.29, 0.717) is 0 Å². The lowest BCUT2D eigenvalue weighted by molar-refractivity contribution is 0.492.